The lowest BCUT2D eigenvalue weighted by atomic mass is 10.1. The molecule has 1 saturated carbocycles. The van der Waals surface area contributed by atoms with E-state index in [1.807, 2.05) is 0 Å². The van der Waals surface area contributed by atoms with E-state index in [4.69, 9.17) is 5.11 Å². The molecule has 1 aliphatic carbocycles. The normalized spacial score (nSPS) is 26.5. The van der Waals surface area contributed by atoms with Crippen molar-refractivity contribution in [3.63, 3.8) is 0 Å². The molecular formula is C13H14FNO2. The quantitative estimate of drug-likeness (QED) is 0.856. The van der Waals surface area contributed by atoms with E-state index in [-0.39, 0.29) is 5.56 Å². The summed E-state index contributed by atoms with van der Waals surface area (Å²) in [6, 6.07) is 4.50. The second-order valence-corrected chi connectivity index (χ2v) is 4.95. The number of rotatable bonds is 2. The molecule has 0 spiro atoms. The van der Waals surface area contributed by atoms with E-state index in [0.717, 1.165) is 25.5 Å². The Bertz CT molecular complexity index is 474. The molecule has 3 nitrogen and oxygen atoms in total. The zero-order valence-corrected chi connectivity index (χ0v) is 9.40. The average molecular weight is 235 g/mol. The molecule has 2 aliphatic rings. The van der Waals surface area contributed by atoms with Gasteiger partial charge in [0, 0.05) is 12.6 Å². The summed E-state index contributed by atoms with van der Waals surface area (Å²) in [6.45, 7) is 0.913. The maximum atomic E-state index is 13.1. The number of halogens is 1. The van der Waals surface area contributed by atoms with Gasteiger partial charge in [-0.2, -0.15) is 0 Å². The summed E-state index contributed by atoms with van der Waals surface area (Å²) in [7, 11) is 0. The third-order valence-corrected chi connectivity index (χ3v) is 3.91. The molecular weight excluding hydrogens is 221 g/mol. The molecule has 2 unspecified atom stereocenters. The number of benzene rings is 1. The van der Waals surface area contributed by atoms with Gasteiger partial charge in [0.15, 0.2) is 0 Å². The van der Waals surface area contributed by atoms with Crippen molar-refractivity contribution in [1.82, 2.24) is 0 Å². The molecule has 17 heavy (non-hydrogen) atoms. The first kappa shape index (κ1) is 10.6. The first-order valence-electron chi connectivity index (χ1n) is 5.94. The molecule has 90 valence electrons. The Balaban J connectivity index is 2.00. The molecule has 0 radical (unpaired) electrons. The fourth-order valence-corrected chi connectivity index (χ4v) is 3.15. The van der Waals surface area contributed by atoms with Crippen LogP contribution in [-0.2, 0) is 0 Å². The van der Waals surface area contributed by atoms with Crippen molar-refractivity contribution in [2.75, 3.05) is 11.4 Å². The van der Waals surface area contributed by atoms with Crippen LogP contribution in [0.2, 0.25) is 0 Å². The predicted octanol–water partition coefficient (Wildman–Crippen LogP) is 2.51. The molecule has 1 aliphatic heterocycles. The van der Waals surface area contributed by atoms with Gasteiger partial charge in [0.05, 0.1) is 11.3 Å². The number of carbonyl (C=O) groups is 1. The van der Waals surface area contributed by atoms with Crippen LogP contribution >= 0.6 is 0 Å². The van der Waals surface area contributed by atoms with Gasteiger partial charge in [0.25, 0.3) is 0 Å². The maximum absolute atomic E-state index is 13.1. The lowest BCUT2D eigenvalue weighted by Crippen LogP contribution is -2.33. The molecule has 4 heteroatoms. The van der Waals surface area contributed by atoms with E-state index >= 15 is 0 Å². The summed E-state index contributed by atoms with van der Waals surface area (Å²) in [6.07, 6.45) is 3.52. The number of carboxylic acids is 1. The predicted molar refractivity (Wildman–Crippen MR) is 61.8 cm³/mol. The number of nitrogens with zero attached hydrogens (tertiary/aromatic N) is 1. The third kappa shape index (κ3) is 1.68. The lowest BCUT2D eigenvalue weighted by Gasteiger charge is -2.30. The zero-order chi connectivity index (χ0) is 12.0. The minimum absolute atomic E-state index is 0.0811. The summed E-state index contributed by atoms with van der Waals surface area (Å²) in [4.78, 5) is 13.3. The van der Waals surface area contributed by atoms with Crippen LogP contribution in [0.25, 0.3) is 0 Å². The Morgan fingerprint density at radius 1 is 1.41 bits per heavy atom. The Kier molecular flexibility index (Phi) is 2.31. The number of hydrogen-bond donors (Lipinski definition) is 1. The van der Waals surface area contributed by atoms with Gasteiger partial charge in [-0.3, -0.25) is 0 Å². The number of aromatic carboxylic acids is 1. The molecule has 1 saturated heterocycles. The monoisotopic (exact) mass is 235 g/mol. The topological polar surface area (TPSA) is 40.5 Å². The molecule has 0 aromatic heterocycles. The Morgan fingerprint density at radius 2 is 2.24 bits per heavy atom. The van der Waals surface area contributed by atoms with E-state index in [0.29, 0.717) is 17.6 Å². The minimum Gasteiger partial charge on any atom is -0.478 e. The molecule has 2 fully saturated rings. The number of fused-ring (bicyclic) bond motifs is 2. The van der Waals surface area contributed by atoms with Crippen LogP contribution in [-0.4, -0.2) is 23.7 Å². The van der Waals surface area contributed by atoms with Gasteiger partial charge in [-0.05, 0) is 43.4 Å². The fraction of sp³-hybridized carbons (Fsp3) is 0.462. The molecule has 2 atom stereocenters. The van der Waals surface area contributed by atoms with Crippen molar-refractivity contribution >= 4 is 11.7 Å². The van der Waals surface area contributed by atoms with Gasteiger partial charge >= 0.3 is 5.97 Å². The Hall–Kier alpha value is -1.58. The van der Waals surface area contributed by atoms with E-state index in [1.165, 1.54) is 12.5 Å². The van der Waals surface area contributed by atoms with Crippen LogP contribution in [0, 0.1) is 11.7 Å². The number of hydrogen-bond acceptors (Lipinski definition) is 2. The largest absolute Gasteiger partial charge is 0.478 e. The highest BCUT2D eigenvalue weighted by molar-refractivity contribution is 5.94. The van der Waals surface area contributed by atoms with Crippen LogP contribution in [0.15, 0.2) is 18.2 Å². The second-order valence-electron chi connectivity index (χ2n) is 4.95. The van der Waals surface area contributed by atoms with E-state index in [9.17, 15) is 9.18 Å². The second kappa shape index (κ2) is 3.72. The van der Waals surface area contributed by atoms with Crippen LogP contribution in [0.5, 0.6) is 0 Å². The van der Waals surface area contributed by atoms with E-state index < -0.39 is 11.8 Å². The highest BCUT2D eigenvalue weighted by Gasteiger charge is 2.39. The SMILES string of the molecule is O=C(O)c1cc(F)ccc1N1CC2CCC1C2. The van der Waals surface area contributed by atoms with Crippen LogP contribution in [0.4, 0.5) is 10.1 Å². The van der Waals surface area contributed by atoms with Crippen LogP contribution in [0.1, 0.15) is 29.6 Å². The van der Waals surface area contributed by atoms with Crippen molar-refractivity contribution in [3.8, 4) is 0 Å². The van der Waals surface area contributed by atoms with E-state index in [1.54, 1.807) is 6.07 Å². The van der Waals surface area contributed by atoms with Gasteiger partial charge in [-0.25, -0.2) is 9.18 Å². The van der Waals surface area contributed by atoms with Gasteiger partial charge in [-0.15, -0.1) is 0 Å². The van der Waals surface area contributed by atoms with Crippen molar-refractivity contribution in [1.29, 1.82) is 0 Å². The first-order valence-corrected chi connectivity index (χ1v) is 5.94. The summed E-state index contributed by atoms with van der Waals surface area (Å²) in [5, 5.41) is 9.13. The molecule has 1 aromatic carbocycles. The third-order valence-electron chi connectivity index (χ3n) is 3.91. The molecule has 1 aromatic rings. The van der Waals surface area contributed by atoms with Gasteiger partial charge in [-0.1, -0.05) is 0 Å². The minimum atomic E-state index is -1.05. The number of piperidine rings is 1. The molecule has 1 N–H and O–H groups in total. The zero-order valence-electron chi connectivity index (χ0n) is 9.40. The van der Waals surface area contributed by atoms with E-state index in [2.05, 4.69) is 4.90 Å². The molecule has 0 amide bonds. The summed E-state index contributed by atoms with van der Waals surface area (Å²) in [5.74, 6) is -0.857. The van der Waals surface area contributed by atoms with Crippen molar-refractivity contribution in [2.45, 2.75) is 25.3 Å². The van der Waals surface area contributed by atoms with Crippen molar-refractivity contribution in [3.05, 3.63) is 29.6 Å². The average Bonchev–Trinajstić information content (AvgIpc) is 2.90. The molecule has 1 heterocycles. The Morgan fingerprint density at radius 3 is 2.82 bits per heavy atom. The smallest absolute Gasteiger partial charge is 0.337 e. The lowest BCUT2D eigenvalue weighted by molar-refractivity contribution is 0.0697. The van der Waals surface area contributed by atoms with Crippen molar-refractivity contribution < 1.29 is 14.3 Å². The van der Waals surface area contributed by atoms with Crippen LogP contribution < -0.4 is 4.90 Å². The van der Waals surface area contributed by atoms with Gasteiger partial charge in [0.1, 0.15) is 5.82 Å². The van der Waals surface area contributed by atoms with Crippen molar-refractivity contribution in [2.24, 2.45) is 5.92 Å². The van der Waals surface area contributed by atoms with Gasteiger partial charge in [0.2, 0.25) is 0 Å². The standard InChI is InChI=1S/C13H14FNO2/c14-9-2-4-12(11(6-9)13(16)17)15-7-8-1-3-10(15)5-8/h2,4,6,8,10H,1,3,5,7H2,(H,16,17). The molecule has 3 rings (SSSR count). The number of anilines is 1. The summed E-state index contributed by atoms with van der Waals surface area (Å²) >= 11 is 0. The van der Waals surface area contributed by atoms with Gasteiger partial charge < -0.3 is 10.0 Å². The fourth-order valence-electron chi connectivity index (χ4n) is 3.15. The molecule has 2 bridgehead atoms. The summed E-state index contributed by atoms with van der Waals surface area (Å²) < 4.78 is 13.1. The Labute approximate surface area is 98.9 Å². The van der Waals surface area contributed by atoms with Crippen LogP contribution in [0.3, 0.4) is 0 Å². The first-order chi connectivity index (χ1) is 8.15. The highest BCUT2D eigenvalue weighted by Crippen LogP contribution is 2.41. The summed E-state index contributed by atoms with van der Waals surface area (Å²) in [5.41, 5.74) is 0.753. The highest BCUT2D eigenvalue weighted by atomic mass is 19.1. The number of carboxylic acid groups (broad SMARTS) is 1. The maximum Gasteiger partial charge on any atom is 0.337 e.